The van der Waals surface area contributed by atoms with Crippen LogP contribution in [0.3, 0.4) is 0 Å². The maximum atomic E-state index is 13.5. The molecule has 186 valence electrons. The summed E-state index contributed by atoms with van der Waals surface area (Å²) in [7, 11) is 0. The molecule has 4 rings (SSSR count). The first-order chi connectivity index (χ1) is 16.7. The zero-order valence-corrected chi connectivity index (χ0v) is 19.9. The summed E-state index contributed by atoms with van der Waals surface area (Å²) in [4.78, 5) is 43.1. The van der Waals surface area contributed by atoms with Gasteiger partial charge in [-0.25, -0.2) is 4.79 Å². The molecule has 1 aromatic carbocycles. The number of esters is 2. The SMILES string of the molecule is CC(=O)OCCc1ncccc1C(=O)N1CCOC[C@H]1COc1cccc2c1C(=O)OC(C)(C)O2. The number of ether oxygens (including phenoxy) is 5. The zero-order chi connectivity index (χ0) is 25.0. The highest BCUT2D eigenvalue weighted by Crippen LogP contribution is 2.37. The normalized spacial score (nSPS) is 18.7. The van der Waals surface area contributed by atoms with Gasteiger partial charge in [0.2, 0.25) is 5.79 Å². The first kappa shape index (κ1) is 24.5. The molecule has 0 N–H and O–H groups in total. The Labute approximate surface area is 203 Å². The molecule has 35 heavy (non-hydrogen) atoms. The van der Waals surface area contributed by atoms with Crippen molar-refractivity contribution >= 4 is 17.8 Å². The summed E-state index contributed by atoms with van der Waals surface area (Å²) in [5.41, 5.74) is 1.19. The molecular formula is C25H28N2O8. The first-order valence-corrected chi connectivity index (χ1v) is 11.4. The number of aromatic nitrogens is 1. The van der Waals surface area contributed by atoms with Crippen molar-refractivity contribution < 1.29 is 38.1 Å². The first-order valence-electron chi connectivity index (χ1n) is 11.4. The number of hydrogen-bond acceptors (Lipinski definition) is 9. The van der Waals surface area contributed by atoms with E-state index in [4.69, 9.17) is 23.7 Å². The van der Waals surface area contributed by atoms with E-state index < -0.39 is 17.8 Å². The summed E-state index contributed by atoms with van der Waals surface area (Å²) in [6.07, 6.45) is 1.92. The van der Waals surface area contributed by atoms with Crippen molar-refractivity contribution in [3.63, 3.8) is 0 Å². The molecule has 2 aliphatic heterocycles. The summed E-state index contributed by atoms with van der Waals surface area (Å²) in [5.74, 6) is -1.52. The van der Waals surface area contributed by atoms with Gasteiger partial charge < -0.3 is 28.6 Å². The molecule has 0 saturated carbocycles. The molecule has 0 bridgehead atoms. The fraction of sp³-hybridized carbons (Fsp3) is 0.440. The fourth-order valence-electron chi connectivity index (χ4n) is 4.00. The second-order valence-corrected chi connectivity index (χ2v) is 8.65. The smallest absolute Gasteiger partial charge is 0.349 e. The Morgan fingerprint density at radius 2 is 2.03 bits per heavy atom. The standard InChI is InChI=1S/C25H28N2O8/c1-16(28)32-12-9-19-18(6-5-10-26-19)23(29)27-11-13-31-14-17(27)15-33-20-7-4-8-21-22(20)24(30)35-25(2,3)34-21/h4-8,10,17H,9,11-15H2,1-3H3/t17-/m0/s1. The van der Waals surface area contributed by atoms with Gasteiger partial charge in [0.25, 0.3) is 5.91 Å². The quantitative estimate of drug-likeness (QED) is 0.547. The number of cyclic esters (lactones) is 1. The van der Waals surface area contributed by atoms with Crippen LogP contribution in [0, 0.1) is 0 Å². The lowest BCUT2D eigenvalue weighted by atomic mass is 10.1. The van der Waals surface area contributed by atoms with Crippen LogP contribution in [0.1, 0.15) is 47.2 Å². The van der Waals surface area contributed by atoms with Gasteiger partial charge in [0.05, 0.1) is 37.1 Å². The van der Waals surface area contributed by atoms with E-state index in [1.807, 2.05) is 0 Å². The van der Waals surface area contributed by atoms with Gasteiger partial charge in [0.1, 0.15) is 23.7 Å². The number of nitrogens with zero attached hydrogens (tertiary/aromatic N) is 2. The average molecular weight is 485 g/mol. The maximum Gasteiger partial charge on any atom is 0.349 e. The van der Waals surface area contributed by atoms with Crippen LogP contribution >= 0.6 is 0 Å². The Morgan fingerprint density at radius 1 is 1.20 bits per heavy atom. The number of fused-ring (bicyclic) bond motifs is 1. The highest BCUT2D eigenvalue weighted by molar-refractivity contribution is 5.97. The van der Waals surface area contributed by atoms with Gasteiger partial charge in [-0.2, -0.15) is 0 Å². The summed E-state index contributed by atoms with van der Waals surface area (Å²) < 4.78 is 27.7. The van der Waals surface area contributed by atoms with Crippen molar-refractivity contribution in [3.8, 4) is 11.5 Å². The van der Waals surface area contributed by atoms with E-state index in [2.05, 4.69) is 4.98 Å². The topological polar surface area (TPSA) is 113 Å². The van der Waals surface area contributed by atoms with Crippen molar-refractivity contribution in [2.45, 2.75) is 39.0 Å². The number of carbonyl (C=O) groups is 3. The Morgan fingerprint density at radius 3 is 2.83 bits per heavy atom. The molecule has 1 aromatic heterocycles. The minimum Gasteiger partial charge on any atom is -0.490 e. The van der Waals surface area contributed by atoms with Gasteiger partial charge in [-0.1, -0.05) is 6.07 Å². The molecule has 3 heterocycles. The third kappa shape index (κ3) is 5.71. The highest BCUT2D eigenvalue weighted by Gasteiger charge is 2.37. The van der Waals surface area contributed by atoms with Crippen LogP contribution in [0.15, 0.2) is 36.5 Å². The number of rotatable bonds is 7. The van der Waals surface area contributed by atoms with E-state index >= 15 is 0 Å². The average Bonchev–Trinajstić information content (AvgIpc) is 2.81. The Hall–Kier alpha value is -3.66. The number of pyridine rings is 1. The summed E-state index contributed by atoms with van der Waals surface area (Å²) in [6.45, 7) is 5.92. The van der Waals surface area contributed by atoms with Gasteiger partial charge in [-0.3, -0.25) is 14.6 Å². The van der Waals surface area contributed by atoms with E-state index in [0.717, 1.165) is 0 Å². The summed E-state index contributed by atoms with van der Waals surface area (Å²) in [5, 5.41) is 0. The van der Waals surface area contributed by atoms with Crippen LogP contribution < -0.4 is 9.47 Å². The van der Waals surface area contributed by atoms with Gasteiger partial charge in [0.15, 0.2) is 0 Å². The molecule has 2 aromatic rings. The minimum absolute atomic E-state index is 0.0991. The molecule has 0 unspecified atom stereocenters. The van der Waals surface area contributed by atoms with E-state index in [-0.39, 0.29) is 37.3 Å². The van der Waals surface area contributed by atoms with Gasteiger partial charge in [0, 0.05) is 39.9 Å². The van der Waals surface area contributed by atoms with Crippen molar-refractivity contribution in [2.75, 3.05) is 33.0 Å². The van der Waals surface area contributed by atoms with Crippen molar-refractivity contribution in [3.05, 3.63) is 53.3 Å². The van der Waals surface area contributed by atoms with Crippen LogP contribution in [0.4, 0.5) is 0 Å². The zero-order valence-electron chi connectivity index (χ0n) is 19.9. The predicted octanol–water partition coefficient (Wildman–Crippen LogP) is 2.39. The lowest BCUT2D eigenvalue weighted by Gasteiger charge is -2.36. The molecule has 1 saturated heterocycles. The van der Waals surface area contributed by atoms with Gasteiger partial charge in [-0.15, -0.1) is 0 Å². The molecule has 1 fully saturated rings. The largest absolute Gasteiger partial charge is 0.490 e. The molecule has 1 atom stereocenters. The third-order valence-electron chi connectivity index (χ3n) is 5.57. The molecule has 0 aliphatic carbocycles. The summed E-state index contributed by atoms with van der Waals surface area (Å²) in [6, 6.07) is 8.07. The van der Waals surface area contributed by atoms with Crippen molar-refractivity contribution in [2.24, 2.45) is 0 Å². The van der Waals surface area contributed by atoms with E-state index in [9.17, 15) is 14.4 Å². The van der Waals surface area contributed by atoms with Crippen molar-refractivity contribution in [1.82, 2.24) is 9.88 Å². The maximum absolute atomic E-state index is 13.5. The Bertz CT molecular complexity index is 1120. The van der Waals surface area contributed by atoms with E-state index in [0.29, 0.717) is 42.3 Å². The minimum atomic E-state index is -1.07. The van der Waals surface area contributed by atoms with Crippen LogP contribution in [0.25, 0.3) is 0 Å². The number of morpholine rings is 1. The lowest BCUT2D eigenvalue weighted by Crippen LogP contribution is -2.51. The Balaban J connectivity index is 1.49. The molecule has 1 amide bonds. The summed E-state index contributed by atoms with van der Waals surface area (Å²) >= 11 is 0. The van der Waals surface area contributed by atoms with Gasteiger partial charge in [-0.05, 0) is 24.3 Å². The second-order valence-electron chi connectivity index (χ2n) is 8.65. The van der Waals surface area contributed by atoms with Crippen LogP contribution in [0.2, 0.25) is 0 Å². The van der Waals surface area contributed by atoms with Crippen LogP contribution in [-0.2, 0) is 25.4 Å². The molecule has 10 nitrogen and oxygen atoms in total. The molecule has 0 spiro atoms. The molecule has 0 radical (unpaired) electrons. The van der Waals surface area contributed by atoms with Crippen LogP contribution in [0.5, 0.6) is 11.5 Å². The van der Waals surface area contributed by atoms with E-state index in [1.165, 1.54) is 6.92 Å². The van der Waals surface area contributed by atoms with Crippen LogP contribution in [-0.4, -0.2) is 72.5 Å². The number of benzene rings is 1. The number of hydrogen-bond donors (Lipinski definition) is 0. The lowest BCUT2D eigenvalue weighted by molar-refractivity contribution is -0.140. The van der Waals surface area contributed by atoms with Crippen molar-refractivity contribution in [1.29, 1.82) is 0 Å². The number of carbonyl (C=O) groups excluding carboxylic acids is 3. The highest BCUT2D eigenvalue weighted by atomic mass is 16.7. The predicted molar refractivity (Wildman–Crippen MR) is 122 cm³/mol. The van der Waals surface area contributed by atoms with E-state index in [1.54, 1.807) is 55.3 Å². The Kier molecular flexibility index (Phi) is 7.20. The monoisotopic (exact) mass is 484 g/mol. The fourth-order valence-corrected chi connectivity index (χ4v) is 4.00. The molecular weight excluding hydrogens is 456 g/mol. The number of amides is 1. The van der Waals surface area contributed by atoms with Gasteiger partial charge >= 0.3 is 11.9 Å². The molecule has 2 aliphatic rings. The third-order valence-corrected chi connectivity index (χ3v) is 5.57. The molecule has 10 heteroatoms. The second kappa shape index (κ2) is 10.3.